The van der Waals surface area contributed by atoms with Gasteiger partial charge in [-0.15, -0.1) is 11.3 Å². The zero-order valence-corrected chi connectivity index (χ0v) is 14.0. The second-order valence-electron chi connectivity index (χ2n) is 4.76. The number of halogens is 1. The Morgan fingerprint density at radius 1 is 1.29 bits per heavy atom. The number of carboxylic acid groups (broad SMARTS) is 1. The molecule has 0 spiro atoms. The number of hydrogen-bond acceptors (Lipinski definition) is 5. The number of carbonyl (C=O) groups is 2. The first kappa shape index (κ1) is 16.2. The summed E-state index contributed by atoms with van der Waals surface area (Å²) in [7, 11) is 1.27. The number of rotatable bonds is 4. The molecule has 0 aliphatic heterocycles. The lowest BCUT2D eigenvalue weighted by molar-refractivity contribution is 0.0590. The molecule has 3 aromatic rings. The monoisotopic (exact) mass is 362 g/mol. The van der Waals surface area contributed by atoms with Crippen molar-refractivity contribution < 1.29 is 19.4 Å². The lowest BCUT2D eigenvalue weighted by Gasteiger charge is -2.07. The van der Waals surface area contributed by atoms with Gasteiger partial charge in [-0.25, -0.2) is 14.3 Å². The lowest BCUT2D eigenvalue weighted by Crippen LogP contribution is -2.11. The first-order valence-electron chi connectivity index (χ1n) is 6.76. The van der Waals surface area contributed by atoms with Gasteiger partial charge in [0.25, 0.3) is 0 Å². The van der Waals surface area contributed by atoms with Gasteiger partial charge < -0.3 is 9.84 Å². The normalized spacial score (nSPS) is 10.6. The molecule has 6 nitrogen and oxygen atoms in total. The standard InChI is InChI=1S/C16H11ClN2O4S/c1-23-16(22)13-8-12(14-3-2-6-24-14)18-19(13)9-4-5-11(17)10(7-9)15(20)21/h2-8H,1H3,(H,20,21). The number of ether oxygens (including phenoxy) is 1. The fourth-order valence-electron chi connectivity index (χ4n) is 2.18. The van der Waals surface area contributed by atoms with E-state index in [1.807, 2.05) is 17.5 Å². The van der Waals surface area contributed by atoms with Crippen LogP contribution < -0.4 is 0 Å². The highest BCUT2D eigenvalue weighted by molar-refractivity contribution is 7.13. The van der Waals surface area contributed by atoms with E-state index in [1.54, 1.807) is 12.1 Å². The highest BCUT2D eigenvalue weighted by atomic mass is 35.5. The molecule has 0 saturated carbocycles. The second-order valence-corrected chi connectivity index (χ2v) is 6.12. The van der Waals surface area contributed by atoms with Crippen molar-refractivity contribution in [3.63, 3.8) is 0 Å². The van der Waals surface area contributed by atoms with Crippen molar-refractivity contribution in [1.82, 2.24) is 9.78 Å². The van der Waals surface area contributed by atoms with Crippen LogP contribution >= 0.6 is 22.9 Å². The van der Waals surface area contributed by atoms with Crippen molar-refractivity contribution in [3.05, 3.63) is 58.1 Å². The van der Waals surface area contributed by atoms with Crippen molar-refractivity contribution >= 4 is 34.9 Å². The van der Waals surface area contributed by atoms with Gasteiger partial charge in [-0.3, -0.25) is 0 Å². The maximum absolute atomic E-state index is 12.1. The first-order valence-corrected chi connectivity index (χ1v) is 8.02. The molecule has 0 aliphatic carbocycles. The van der Waals surface area contributed by atoms with E-state index in [0.717, 1.165) is 4.88 Å². The molecule has 8 heteroatoms. The Labute approximate surface area is 145 Å². The van der Waals surface area contributed by atoms with E-state index in [1.165, 1.54) is 35.3 Å². The van der Waals surface area contributed by atoms with Crippen molar-refractivity contribution in [2.24, 2.45) is 0 Å². The molecule has 0 bridgehead atoms. The van der Waals surface area contributed by atoms with Crippen molar-refractivity contribution in [3.8, 4) is 16.3 Å². The predicted molar refractivity (Wildman–Crippen MR) is 90.2 cm³/mol. The summed E-state index contributed by atoms with van der Waals surface area (Å²) in [5.74, 6) is -1.73. The van der Waals surface area contributed by atoms with E-state index in [9.17, 15) is 14.7 Å². The van der Waals surface area contributed by atoms with Gasteiger partial charge in [0.15, 0.2) is 5.69 Å². The van der Waals surface area contributed by atoms with E-state index in [4.69, 9.17) is 16.3 Å². The molecule has 0 radical (unpaired) electrons. The van der Waals surface area contributed by atoms with E-state index in [0.29, 0.717) is 11.4 Å². The van der Waals surface area contributed by atoms with Crippen LogP contribution in [-0.4, -0.2) is 33.9 Å². The third-order valence-electron chi connectivity index (χ3n) is 3.30. The number of hydrogen-bond donors (Lipinski definition) is 1. The molecule has 0 amide bonds. The van der Waals surface area contributed by atoms with Crippen LogP contribution in [-0.2, 0) is 4.74 Å². The molecule has 0 fully saturated rings. The molecule has 2 aromatic heterocycles. The Bertz CT molecular complexity index is 918. The third kappa shape index (κ3) is 2.91. The molecule has 24 heavy (non-hydrogen) atoms. The Morgan fingerprint density at radius 2 is 2.08 bits per heavy atom. The molecule has 0 atom stereocenters. The summed E-state index contributed by atoms with van der Waals surface area (Å²) in [4.78, 5) is 24.2. The topological polar surface area (TPSA) is 81.4 Å². The number of carbonyl (C=O) groups excluding carboxylic acids is 1. The van der Waals surface area contributed by atoms with E-state index < -0.39 is 11.9 Å². The van der Waals surface area contributed by atoms with Gasteiger partial charge in [0.2, 0.25) is 0 Å². The average Bonchev–Trinajstić information content (AvgIpc) is 3.23. The van der Waals surface area contributed by atoms with Crippen molar-refractivity contribution in [2.75, 3.05) is 7.11 Å². The molecule has 0 aliphatic rings. The van der Waals surface area contributed by atoms with Crippen molar-refractivity contribution in [1.29, 1.82) is 0 Å². The molecular formula is C16H11ClN2O4S. The maximum Gasteiger partial charge on any atom is 0.356 e. The van der Waals surface area contributed by atoms with Crippen LogP contribution in [0.5, 0.6) is 0 Å². The summed E-state index contributed by atoms with van der Waals surface area (Å²) >= 11 is 7.37. The Hall–Kier alpha value is -2.64. The molecule has 0 saturated heterocycles. The molecule has 3 rings (SSSR count). The third-order valence-corrected chi connectivity index (χ3v) is 4.52. The lowest BCUT2D eigenvalue weighted by atomic mass is 10.2. The summed E-state index contributed by atoms with van der Waals surface area (Å²) in [6.07, 6.45) is 0. The second kappa shape index (κ2) is 6.46. The van der Waals surface area contributed by atoms with Gasteiger partial charge in [0, 0.05) is 6.07 Å². The largest absolute Gasteiger partial charge is 0.478 e. The highest BCUT2D eigenvalue weighted by Crippen LogP contribution is 2.27. The minimum atomic E-state index is -1.16. The number of aromatic carboxylic acids is 1. The zero-order valence-electron chi connectivity index (χ0n) is 12.4. The van der Waals surface area contributed by atoms with Crippen LogP contribution in [0.25, 0.3) is 16.3 Å². The number of benzene rings is 1. The fraction of sp³-hybridized carbons (Fsp3) is 0.0625. The smallest absolute Gasteiger partial charge is 0.356 e. The summed E-state index contributed by atoms with van der Waals surface area (Å²) in [5.41, 5.74) is 1.12. The molecule has 1 aromatic carbocycles. The Morgan fingerprint density at radius 3 is 2.71 bits per heavy atom. The van der Waals surface area contributed by atoms with Crippen LogP contribution in [0.2, 0.25) is 5.02 Å². The minimum absolute atomic E-state index is 0.0712. The molecule has 2 heterocycles. The molecule has 122 valence electrons. The maximum atomic E-state index is 12.1. The van der Waals surface area contributed by atoms with Crippen LogP contribution in [0, 0.1) is 0 Å². The summed E-state index contributed by atoms with van der Waals surface area (Å²) in [6.45, 7) is 0. The summed E-state index contributed by atoms with van der Waals surface area (Å²) in [6, 6.07) is 9.76. The Balaban J connectivity index is 2.18. The Kier molecular flexibility index (Phi) is 4.37. The number of aromatic nitrogens is 2. The quantitative estimate of drug-likeness (QED) is 0.715. The van der Waals surface area contributed by atoms with Crippen molar-refractivity contribution in [2.45, 2.75) is 0 Å². The van der Waals surface area contributed by atoms with Crippen LogP contribution in [0.3, 0.4) is 0 Å². The molecular weight excluding hydrogens is 352 g/mol. The highest BCUT2D eigenvalue weighted by Gasteiger charge is 2.20. The van der Waals surface area contributed by atoms with Gasteiger partial charge >= 0.3 is 11.9 Å². The number of esters is 1. The zero-order chi connectivity index (χ0) is 17.3. The van der Waals surface area contributed by atoms with Gasteiger partial charge in [0.05, 0.1) is 28.3 Å². The van der Waals surface area contributed by atoms with Gasteiger partial charge in [-0.1, -0.05) is 17.7 Å². The van der Waals surface area contributed by atoms with Gasteiger partial charge in [-0.2, -0.15) is 5.10 Å². The number of thiophene rings is 1. The average molecular weight is 363 g/mol. The number of carboxylic acids is 1. The van der Waals surface area contributed by atoms with Crippen LogP contribution in [0.15, 0.2) is 41.8 Å². The number of methoxy groups -OCH3 is 1. The summed E-state index contributed by atoms with van der Waals surface area (Å²) in [5, 5.41) is 15.6. The predicted octanol–water partition coefficient (Wildman–Crippen LogP) is 3.74. The van der Waals surface area contributed by atoms with Crippen LogP contribution in [0.1, 0.15) is 20.8 Å². The van der Waals surface area contributed by atoms with E-state index >= 15 is 0 Å². The minimum Gasteiger partial charge on any atom is -0.478 e. The first-order chi connectivity index (χ1) is 11.5. The van der Waals surface area contributed by atoms with E-state index in [2.05, 4.69) is 5.10 Å². The van der Waals surface area contributed by atoms with Gasteiger partial charge in [0.1, 0.15) is 5.69 Å². The fourth-order valence-corrected chi connectivity index (χ4v) is 3.06. The molecule has 0 unspecified atom stereocenters. The number of nitrogens with zero attached hydrogens (tertiary/aromatic N) is 2. The summed E-state index contributed by atoms with van der Waals surface area (Å²) < 4.78 is 6.14. The SMILES string of the molecule is COC(=O)c1cc(-c2cccs2)nn1-c1ccc(Cl)c(C(=O)O)c1. The molecule has 1 N–H and O–H groups in total. The van der Waals surface area contributed by atoms with Gasteiger partial charge in [-0.05, 0) is 29.6 Å². The van der Waals surface area contributed by atoms with Crippen LogP contribution in [0.4, 0.5) is 0 Å². The van der Waals surface area contributed by atoms with E-state index in [-0.39, 0.29) is 16.3 Å².